The number of imidazole rings is 1. The summed E-state index contributed by atoms with van der Waals surface area (Å²) in [7, 11) is 0. The standard InChI is InChI=1S/C27H34FN7O2/c28-21-3-4-23-24(13-21)34(17-18-1-2-18)27(37)35(23)22-7-11-33(12-8-22)25(36)20-5-9-32(10-6-20)16-19-14-30-26(29)31-15-19/h3-4,13-15,18,20,22H,1-2,5-12,16-17H2,(H2,29,30,31). The summed E-state index contributed by atoms with van der Waals surface area (Å²) in [5.41, 5.74) is 8.04. The van der Waals surface area contributed by atoms with Crippen LogP contribution < -0.4 is 11.4 Å². The zero-order chi connectivity index (χ0) is 25.5. The van der Waals surface area contributed by atoms with E-state index in [0.29, 0.717) is 31.1 Å². The molecule has 0 unspecified atom stereocenters. The molecule has 3 aliphatic rings. The van der Waals surface area contributed by atoms with Crippen molar-refractivity contribution < 1.29 is 9.18 Å². The number of benzene rings is 1. The molecule has 196 valence electrons. The lowest BCUT2D eigenvalue weighted by atomic mass is 9.93. The van der Waals surface area contributed by atoms with Crippen molar-refractivity contribution in [2.45, 2.75) is 57.7 Å². The van der Waals surface area contributed by atoms with Gasteiger partial charge in [-0.1, -0.05) is 0 Å². The number of nitrogens with two attached hydrogens (primary N) is 1. The molecule has 2 aliphatic heterocycles. The van der Waals surface area contributed by atoms with Crippen LogP contribution in [-0.2, 0) is 17.9 Å². The number of aromatic nitrogens is 4. The van der Waals surface area contributed by atoms with E-state index in [1.54, 1.807) is 23.0 Å². The second-order valence-electron chi connectivity index (χ2n) is 10.9. The number of piperidine rings is 2. The normalized spacial score (nSPS) is 20.1. The summed E-state index contributed by atoms with van der Waals surface area (Å²) in [6.45, 7) is 4.45. The second kappa shape index (κ2) is 9.89. The van der Waals surface area contributed by atoms with E-state index in [-0.39, 0.29) is 35.3 Å². The molecule has 37 heavy (non-hydrogen) atoms. The van der Waals surface area contributed by atoms with E-state index in [0.717, 1.165) is 69.2 Å². The average Bonchev–Trinajstić information content (AvgIpc) is 3.70. The van der Waals surface area contributed by atoms with E-state index in [1.165, 1.54) is 12.1 Å². The Hall–Kier alpha value is -3.27. The average molecular weight is 508 g/mol. The lowest BCUT2D eigenvalue weighted by molar-refractivity contribution is -0.138. The lowest BCUT2D eigenvalue weighted by Gasteiger charge is -2.37. The predicted molar refractivity (Wildman–Crippen MR) is 138 cm³/mol. The van der Waals surface area contributed by atoms with Crippen molar-refractivity contribution in [1.29, 1.82) is 0 Å². The Bertz CT molecular complexity index is 1330. The van der Waals surface area contributed by atoms with Gasteiger partial charge in [0.05, 0.1) is 11.0 Å². The van der Waals surface area contributed by atoms with Gasteiger partial charge in [-0.15, -0.1) is 0 Å². The first-order valence-corrected chi connectivity index (χ1v) is 13.4. The molecule has 1 saturated carbocycles. The Morgan fingerprint density at radius 2 is 1.68 bits per heavy atom. The molecule has 3 fully saturated rings. The van der Waals surface area contributed by atoms with Crippen LogP contribution >= 0.6 is 0 Å². The van der Waals surface area contributed by atoms with E-state index in [2.05, 4.69) is 14.9 Å². The molecule has 0 bridgehead atoms. The van der Waals surface area contributed by atoms with Gasteiger partial charge < -0.3 is 10.6 Å². The molecule has 1 aromatic carbocycles. The molecule has 0 atom stereocenters. The molecule has 3 aromatic rings. The van der Waals surface area contributed by atoms with Gasteiger partial charge >= 0.3 is 5.69 Å². The van der Waals surface area contributed by atoms with Gasteiger partial charge in [-0.25, -0.2) is 19.2 Å². The maximum absolute atomic E-state index is 14.0. The maximum atomic E-state index is 14.0. The van der Waals surface area contributed by atoms with E-state index in [4.69, 9.17) is 5.73 Å². The molecule has 10 heteroatoms. The minimum Gasteiger partial charge on any atom is -0.368 e. The summed E-state index contributed by atoms with van der Waals surface area (Å²) >= 11 is 0. The van der Waals surface area contributed by atoms with Crippen LogP contribution in [0.25, 0.3) is 11.0 Å². The molecule has 1 aliphatic carbocycles. The van der Waals surface area contributed by atoms with Crippen LogP contribution in [-0.4, -0.2) is 61.0 Å². The van der Waals surface area contributed by atoms with E-state index in [1.807, 2.05) is 9.47 Å². The number of rotatable bonds is 6. The third kappa shape index (κ3) is 4.99. The molecule has 2 aromatic heterocycles. The van der Waals surface area contributed by atoms with Gasteiger partial charge in [0.2, 0.25) is 11.9 Å². The fraction of sp³-hybridized carbons (Fsp3) is 0.556. The third-order valence-corrected chi connectivity index (χ3v) is 8.27. The number of carbonyl (C=O) groups excluding carboxylic acids is 1. The first-order chi connectivity index (χ1) is 18.0. The van der Waals surface area contributed by atoms with Gasteiger partial charge in [0.15, 0.2) is 0 Å². The number of likely N-dealkylation sites (tertiary alicyclic amines) is 2. The largest absolute Gasteiger partial charge is 0.368 e. The van der Waals surface area contributed by atoms with Crippen LogP contribution in [0.4, 0.5) is 10.3 Å². The zero-order valence-corrected chi connectivity index (χ0v) is 21.1. The highest BCUT2D eigenvalue weighted by Gasteiger charge is 2.33. The van der Waals surface area contributed by atoms with Crippen molar-refractivity contribution >= 4 is 22.9 Å². The van der Waals surface area contributed by atoms with Crippen molar-refractivity contribution in [3.63, 3.8) is 0 Å². The van der Waals surface area contributed by atoms with Crippen LogP contribution in [0.2, 0.25) is 0 Å². The summed E-state index contributed by atoms with van der Waals surface area (Å²) in [4.78, 5) is 39.1. The number of anilines is 1. The number of nitrogens with zero attached hydrogens (tertiary/aromatic N) is 6. The smallest absolute Gasteiger partial charge is 0.329 e. The van der Waals surface area contributed by atoms with Crippen molar-refractivity contribution in [3.05, 3.63) is 52.5 Å². The molecular formula is C27H34FN7O2. The Kier molecular flexibility index (Phi) is 6.44. The van der Waals surface area contributed by atoms with E-state index >= 15 is 0 Å². The molecule has 0 radical (unpaired) electrons. The molecule has 4 heterocycles. The number of carbonyl (C=O) groups is 1. The zero-order valence-electron chi connectivity index (χ0n) is 21.1. The van der Waals surface area contributed by atoms with Crippen LogP contribution in [0.15, 0.2) is 35.4 Å². The summed E-state index contributed by atoms with van der Waals surface area (Å²) in [5.74, 6) is 0.758. The van der Waals surface area contributed by atoms with E-state index in [9.17, 15) is 14.0 Å². The minimum absolute atomic E-state index is 0.0222. The quantitative estimate of drug-likeness (QED) is 0.551. The fourth-order valence-electron chi connectivity index (χ4n) is 5.99. The number of amides is 1. The highest BCUT2D eigenvalue weighted by atomic mass is 19.1. The van der Waals surface area contributed by atoms with Gasteiger partial charge in [0.1, 0.15) is 5.82 Å². The van der Waals surface area contributed by atoms with Crippen molar-refractivity contribution in [2.24, 2.45) is 11.8 Å². The summed E-state index contributed by atoms with van der Waals surface area (Å²) in [5, 5.41) is 0. The van der Waals surface area contributed by atoms with Gasteiger partial charge in [0.25, 0.3) is 0 Å². The van der Waals surface area contributed by atoms with Gasteiger partial charge in [-0.05, 0) is 75.7 Å². The van der Waals surface area contributed by atoms with Crippen LogP contribution in [0.5, 0.6) is 0 Å². The first-order valence-electron chi connectivity index (χ1n) is 13.4. The summed E-state index contributed by atoms with van der Waals surface area (Å²) < 4.78 is 17.7. The van der Waals surface area contributed by atoms with E-state index < -0.39 is 0 Å². The number of hydrogen-bond acceptors (Lipinski definition) is 6. The Balaban J connectivity index is 1.07. The first kappa shape index (κ1) is 24.1. The van der Waals surface area contributed by atoms with Gasteiger partial charge in [-0.2, -0.15) is 0 Å². The molecule has 2 N–H and O–H groups in total. The van der Waals surface area contributed by atoms with Gasteiger partial charge in [-0.3, -0.25) is 18.8 Å². The summed E-state index contributed by atoms with van der Waals surface area (Å²) in [6.07, 6.45) is 8.93. The van der Waals surface area contributed by atoms with Crippen LogP contribution in [0.3, 0.4) is 0 Å². The SMILES string of the molecule is Nc1ncc(CN2CCC(C(=O)N3CCC(n4c(=O)n(CC5CC5)c5cc(F)ccc54)CC3)CC2)cn1. The highest BCUT2D eigenvalue weighted by Crippen LogP contribution is 2.33. The fourth-order valence-corrected chi connectivity index (χ4v) is 5.99. The predicted octanol–water partition coefficient (Wildman–Crippen LogP) is 2.80. The molecule has 0 spiro atoms. The number of fused-ring (bicyclic) bond motifs is 1. The van der Waals surface area contributed by atoms with Crippen LogP contribution in [0, 0.1) is 17.7 Å². The molecule has 2 saturated heterocycles. The van der Waals surface area contributed by atoms with Crippen molar-refractivity contribution in [2.75, 3.05) is 31.9 Å². The van der Waals surface area contributed by atoms with Crippen LogP contribution in [0.1, 0.15) is 50.1 Å². The summed E-state index contributed by atoms with van der Waals surface area (Å²) in [6, 6.07) is 4.68. The number of nitrogen functional groups attached to an aromatic ring is 1. The topological polar surface area (TPSA) is 102 Å². The van der Waals surface area contributed by atoms with Crippen molar-refractivity contribution in [1.82, 2.24) is 28.9 Å². The Morgan fingerprint density at radius 1 is 0.973 bits per heavy atom. The number of halogens is 1. The van der Waals surface area contributed by atoms with Gasteiger partial charge in [0, 0.05) is 56.1 Å². The lowest BCUT2D eigenvalue weighted by Crippen LogP contribution is -2.46. The highest BCUT2D eigenvalue weighted by molar-refractivity contribution is 5.79. The van der Waals surface area contributed by atoms with Crippen molar-refractivity contribution in [3.8, 4) is 0 Å². The maximum Gasteiger partial charge on any atom is 0.329 e. The molecule has 1 amide bonds. The Morgan fingerprint density at radius 3 is 2.35 bits per heavy atom. The molecule has 6 rings (SSSR count). The third-order valence-electron chi connectivity index (χ3n) is 8.27. The minimum atomic E-state index is -0.317. The monoisotopic (exact) mass is 507 g/mol. The molecular weight excluding hydrogens is 473 g/mol. The second-order valence-corrected chi connectivity index (χ2v) is 10.9. The Labute approximate surface area is 215 Å². The molecule has 9 nitrogen and oxygen atoms in total. The number of hydrogen-bond donors (Lipinski definition) is 1.